The Morgan fingerprint density at radius 1 is 1.00 bits per heavy atom. The minimum atomic E-state index is -0.357. The van der Waals surface area contributed by atoms with E-state index in [4.69, 9.17) is 4.74 Å². The van der Waals surface area contributed by atoms with E-state index in [1.165, 1.54) is 6.07 Å². The molecule has 0 spiro atoms. The molecule has 0 saturated carbocycles. The number of rotatable bonds is 9. The van der Waals surface area contributed by atoms with E-state index in [1.807, 2.05) is 26.0 Å². The second-order valence-electron chi connectivity index (χ2n) is 8.27. The monoisotopic (exact) mass is 471 g/mol. The molecular formula is C28H26FN3O3. The molecule has 178 valence electrons. The predicted octanol–water partition coefficient (Wildman–Crippen LogP) is 5.42. The summed E-state index contributed by atoms with van der Waals surface area (Å²) in [7, 11) is 0. The first-order valence-corrected chi connectivity index (χ1v) is 11.4. The van der Waals surface area contributed by atoms with Crippen LogP contribution in [0.4, 0.5) is 4.39 Å². The van der Waals surface area contributed by atoms with Gasteiger partial charge in [0.25, 0.3) is 5.91 Å². The van der Waals surface area contributed by atoms with Gasteiger partial charge in [-0.05, 0) is 55.3 Å². The van der Waals surface area contributed by atoms with E-state index >= 15 is 0 Å². The Morgan fingerprint density at radius 3 is 2.57 bits per heavy atom. The van der Waals surface area contributed by atoms with Gasteiger partial charge in [-0.1, -0.05) is 29.8 Å². The molecule has 0 radical (unpaired) electrons. The summed E-state index contributed by atoms with van der Waals surface area (Å²) in [6.45, 7) is 4.29. The van der Waals surface area contributed by atoms with Crippen LogP contribution in [-0.2, 0) is 17.6 Å². The van der Waals surface area contributed by atoms with Gasteiger partial charge in [0, 0.05) is 37.8 Å². The molecule has 6 nitrogen and oxygen atoms in total. The Hall–Kier alpha value is -4.26. The number of aromatic amines is 1. The SMILES string of the molecule is CCNC(=O)c1c[nH]c(-c2cc(Oc3ccc(CC(=O)Cc4cc(C)ccc4F)cc3)ccn2)c1. The highest BCUT2D eigenvalue weighted by atomic mass is 19.1. The number of benzene rings is 2. The fourth-order valence-corrected chi connectivity index (χ4v) is 3.71. The van der Waals surface area contributed by atoms with Crippen LogP contribution in [0.3, 0.4) is 0 Å². The quantitative estimate of drug-likeness (QED) is 0.341. The number of amides is 1. The Morgan fingerprint density at radius 2 is 1.80 bits per heavy atom. The summed E-state index contributed by atoms with van der Waals surface area (Å²) in [5.41, 5.74) is 4.05. The molecule has 0 fully saturated rings. The third-order valence-corrected chi connectivity index (χ3v) is 5.44. The molecule has 2 aromatic carbocycles. The molecule has 7 heteroatoms. The first kappa shape index (κ1) is 23.9. The van der Waals surface area contributed by atoms with Crippen LogP contribution in [0.1, 0.15) is 34.0 Å². The first-order valence-electron chi connectivity index (χ1n) is 11.4. The van der Waals surface area contributed by atoms with Gasteiger partial charge in [-0.2, -0.15) is 0 Å². The topological polar surface area (TPSA) is 84.1 Å². The van der Waals surface area contributed by atoms with E-state index < -0.39 is 0 Å². The molecular weight excluding hydrogens is 445 g/mol. The van der Waals surface area contributed by atoms with Crippen LogP contribution < -0.4 is 10.1 Å². The van der Waals surface area contributed by atoms with Crippen LogP contribution in [-0.4, -0.2) is 28.2 Å². The van der Waals surface area contributed by atoms with Gasteiger partial charge in [0.15, 0.2) is 0 Å². The first-order chi connectivity index (χ1) is 16.9. The molecule has 0 bridgehead atoms. The van der Waals surface area contributed by atoms with Gasteiger partial charge in [-0.15, -0.1) is 0 Å². The highest BCUT2D eigenvalue weighted by Crippen LogP contribution is 2.26. The zero-order chi connectivity index (χ0) is 24.8. The van der Waals surface area contributed by atoms with Crippen LogP contribution in [0, 0.1) is 12.7 Å². The number of nitrogens with zero attached hydrogens (tertiary/aromatic N) is 1. The minimum absolute atomic E-state index is 0.0557. The molecule has 0 aliphatic carbocycles. The molecule has 2 heterocycles. The largest absolute Gasteiger partial charge is 0.457 e. The number of hydrogen-bond acceptors (Lipinski definition) is 4. The van der Waals surface area contributed by atoms with Crippen molar-refractivity contribution in [3.05, 3.63) is 101 Å². The lowest BCUT2D eigenvalue weighted by Gasteiger charge is -2.08. The number of carbonyl (C=O) groups excluding carboxylic acids is 2. The Labute approximate surface area is 203 Å². The van der Waals surface area contributed by atoms with Gasteiger partial charge in [0.1, 0.15) is 23.1 Å². The van der Waals surface area contributed by atoms with E-state index in [2.05, 4.69) is 15.3 Å². The fourth-order valence-electron chi connectivity index (χ4n) is 3.71. The van der Waals surface area contributed by atoms with Crippen molar-refractivity contribution in [2.75, 3.05) is 6.54 Å². The zero-order valence-corrected chi connectivity index (χ0v) is 19.6. The van der Waals surface area contributed by atoms with Crippen molar-refractivity contribution in [3.63, 3.8) is 0 Å². The van der Waals surface area contributed by atoms with Crippen molar-refractivity contribution in [2.24, 2.45) is 0 Å². The molecule has 2 aromatic heterocycles. The van der Waals surface area contributed by atoms with Crippen molar-refractivity contribution >= 4 is 11.7 Å². The molecule has 35 heavy (non-hydrogen) atoms. The number of aryl methyl sites for hydroxylation is 1. The van der Waals surface area contributed by atoms with Gasteiger partial charge in [0.2, 0.25) is 0 Å². The second kappa shape index (κ2) is 10.8. The third kappa shape index (κ3) is 6.20. The summed E-state index contributed by atoms with van der Waals surface area (Å²) >= 11 is 0. The number of nitrogens with one attached hydrogen (secondary N) is 2. The highest BCUT2D eigenvalue weighted by Gasteiger charge is 2.12. The molecule has 0 aliphatic heterocycles. The molecule has 4 rings (SSSR count). The van der Waals surface area contributed by atoms with Gasteiger partial charge < -0.3 is 15.0 Å². The van der Waals surface area contributed by atoms with Gasteiger partial charge >= 0.3 is 0 Å². The molecule has 2 N–H and O–H groups in total. The number of ether oxygens (including phenoxy) is 1. The van der Waals surface area contributed by atoms with E-state index in [1.54, 1.807) is 54.9 Å². The van der Waals surface area contributed by atoms with Crippen molar-refractivity contribution in [1.29, 1.82) is 0 Å². The maximum atomic E-state index is 13.9. The lowest BCUT2D eigenvalue weighted by atomic mass is 10.0. The van der Waals surface area contributed by atoms with Crippen LogP contribution in [0.25, 0.3) is 11.4 Å². The van der Waals surface area contributed by atoms with Crippen molar-refractivity contribution in [3.8, 4) is 22.9 Å². The number of pyridine rings is 1. The number of Topliss-reactive ketones (excluding diaryl/α,β-unsaturated/α-hetero) is 1. The Balaban J connectivity index is 1.38. The van der Waals surface area contributed by atoms with Crippen molar-refractivity contribution in [2.45, 2.75) is 26.7 Å². The van der Waals surface area contributed by atoms with Gasteiger partial charge in [-0.25, -0.2) is 4.39 Å². The molecule has 0 saturated heterocycles. The predicted molar refractivity (Wildman–Crippen MR) is 132 cm³/mol. The maximum absolute atomic E-state index is 13.9. The lowest BCUT2D eigenvalue weighted by molar-refractivity contribution is -0.117. The average Bonchev–Trinajstić information content (AvgIpc) is 3.34. The number of hydrogen-bond donors (Lipinski definition) is 2. The Bertz CT molecular complexity index is 1350. The molecule has 1 amide bonds. The van der Waals surface area contributed by atoms with E-state index in [0.29, 0.717) is 40.6 Å². The Kier molecular flexibility index (Phi) is 7.35. The van der Waals surface area contributed by atoms with Gasteiger partial charge in [0.05, 0.1) is 17.0 Å². The average molecular weight is 472 g/mol. The second-order valence-corrected chi connectivity index (χ2v) is 8.27. The van der Waals surface area contributed by atoms with Crippen LogP contribution in [0.5, 0.6) is 11.5 Å². The standard InChI is InChI=1S/C28H26FN3O3/c1-3-30-28(34)21-15-26(32-17-21)27-16-24(10-11-31-27)35-23-7-5-19(6-8-23)13-22(33)14-20-12-18(2)4-9-25(20)29/h4-12,15-17,32H,3,13-14H2,1-2H3,(H,30,34). The van der Waals surface area contributed by atoms with Crippen LogP contribution in [0.15, 0.2) is 73.1 Å². The molecule has 0 unspecified atom stereocenters. The molecule has 0 atom stereocenters. The highest BCUT2D eigenvalue weighted by molar-refractivity contribution is 5.95. The molecule has 4 aromatic rings. The van der Waals surface area contributed by atoms with Crippen LogP contribution >= 0.6 is 0 Å². The van der Waals surface area contributed by atoms with E-state index in [9.17, 15) is 14.0 Å². The minimum Gasteiger partial charge on any atom is -0.457 e. The third-order valence-electron chi connectivity index (χ3n) is 5.44. The number of halogens is 1. The number of H-pyrrole nitrogens is 1. The fraction of sp³-hybridized carbons (Fsp3) is 0.179. The number of carbonyl (C=O) groups is 2. The summed E-state index contributed by atoms with van der Waals surface area (Å²) in [5.74, 6) is 0.634. The van der Waals surface area contributed by atoms with E-state index in [-0.39, 0.29) is 30.3 Å². The van der Waals surface area contributed by atoms with E-state index in [0.717, 1.165) is 11.1 Å². The molecule has 0 aliphatic rings. The van der Waals surface area contributed by atoms with Gasteiger partial charge in [-0.3, -0.25) is 14.6 Å². The zero-order valence-electron chi connectivity index (χ0n) is 19.6. The van der Waals surface area contributed by atoms with Crippen molar-refractivity contribution < 1.29 is 18.7 Å². The number of aromatic nitrogens is 2. The normalized spacial score (nSPS) is 10.7. The maximum Gasteiger partial charge on any atom is 0.252 e. The summed E-state index contributed by atoms with van der Waals surface area (Å²) < 4.78 is 19.9. The summed E-state index contributed by atoms with van der Waals surface area (Å²) in [6, 6.07) is 17.3. The summed E-state index contributed by atoms with van der Waals surface area (Å²) in [4.78, 5) is 31.9. The van der Waals surface area contributed by atoms with Crippen molar-refractivity contribution in [1.82, 2.24) is 15.3 Å². The summed E-state index contributed by atoms with van der Waals surface area (Å²) in [5, 5.41) is 2.76. The summed E-state index contributed by atoms with van der Waals surface area (Å²) in [6.07, 6.45) is 3.55. The lowest BCUT2D eigenvalue weighted by Crippen LogP contribution is -2.21. The number of ketones is 1. The van der Waals surface area contributed by atoms with Crippen LogP contribution in [0.2, 0.25) is 0 Å². The smallest absolute Gasteiger partial charge is 0.252 e.